The Labute approximate surface area is 133 Å². The molecule has 122 valence electrons. The molecule has 3 N–H and O–H groups in total. The van der Waals surface area contributed by atoms with Gasteiger partial charge in [0.1, 0.15) is 36.4 Å². The first-order valence-electron chi connectivity index (χ1n) is 7.24. The van der Waals surface area contributed by atoms with Crippen molar-refractivity contribution in [1.82, 2.24) is 14.5 Å². The summed E-state index contributed by atoms with van der Waals surface area (Å²) in [6.45, 7) is 9.05. The molecule has 5 atom stereocenters. The van der Waals surface area contributed by atoms with Gasteiger partial charge in [0.25, 0.3) is 0 Å². The van der Waals surface area contributed by atoms with Gasteiger partial charge in [0, 0.05) is 11.6 Å². The van der Waals surface area contributed by atoms with Crippen LogP contribution in [0, 0.1) is 6.92 Å². The Morgan fingerprint density at radius 2 is 2.13 bits per heavy atom. The van der Waals surface area contributed by atoms with E-state index in [2.05, 4.69) is 23.1 Å². The number of aryl methyl sites for hydroxylation is 1. The maximum absolute atomic E-state index is 10.3. The SMILES string of the molecule is C=CC(=C)[C@@H](O)[C@H]1O[C@@H](n2ccc3c(C)ncnc32)[C@H](O)[C@@H]1O. The van der Waals surface area contributed by atoms with Gasteiger partial charge < -0.3 is 24.6 Å². The molecule has 1 fully saturated rings. The van der Waals surface area contributed by atoms with E-state index >= 15 is 0 Å². The molecule has 1 saturated heterocycles. The van der Waals surface area contributed by atoms with Crippen LogP contribution in [0.2, 0.25) is 0 Å². The molecule has 7 nitrogen and oxygen atoms in total. The van der Waals surface area contributed by atoms with E-state index in [1.54, 1.807) is 10.8 Å². The highest BCUT2D eigenvalue weighted by molar-refractivity contribution is 5.78. The number of ether oxygens (including phenoxy) is 1. The van der Waals surface area contributed by atoms with Crippen LogP contribution in [0.15, 0.2) is 43.4 Å². The molecule has 0 amide bonds. The van der Waals surface area contributed by atoms with Gasteiger partial charge in [0.2, 0.25) is 0 Å². The molecule has 0 spiro atoms. The van der Waals surface area contributed by atoms with Gasteiger partial charge in [-0.05, 0) is 18.6 Å². The molecule has 1 aliphatic heterocycles. The maximum Gasteiger partial charge on any atom is 0.164 e. The summed E-state index contributed by atoms with van der Waals surface area (Å²) >= 11 is 0. The van der Waals surface area contributed by atoms with Crippen LogP contribution in [0.25, 0.3) is 11.0 Å². The summed E-state index contributed by atoms with van der Waals surface area (Å²) in [7, 11) is 0. The van der Waals surface area contributed by atoms with Crippen LogP contribution < -0.4 is 0 Å². The standard InChI is InChI=1S/C16H19N3O4/c1-4-8(2)11(20)14-12(21)13(22)16(23-14)19-6-5-10-9(3)17-7-18-15(10)19/h4-7,11-14,16,20-22H,1-2H2,3H3/t11-,12+,13-,14-,16-/m1/s1. The number of aliphatic hydroxyl groups excluding tert-OH is 3. The predicted octanol–water partition coefficient (Wildman–Crippen LogP) is 0.462. The topological polar surface area (TPSA) is 101 Å². The minimum Gasteiger partial charge on any atom is -0.387 e. The van der Waals surface area contributed by atoms with Crippen molar-refractivity contribution in [2.24, 2.45) is 0 Å². The summed E-state index contributed by atoms with van der Waals surface area (Å²) in [5.41, 5.74) is 1.71. The fraction of sp³-hybridized carbons (Fsp3) is 0.375. The Morgan fingerprint density at radius 3 is 2.83 bits per heavy atom. The van der Waals surface area contributed by atoms with Gasteiger partial charge in [0.05, 0.1) is 5.69 Å². The van der Waals surface area contributed by atoms with Crippen LogP contribution in [-0.4, -0.2) is 54.3 Å². The quantitative estimate of drug-likeness (QED) is 0.709. The summed E-state index contributed by atoms with van der Waals surface area (Å²) in [6, 6.07) is 1.82. The molecule has 0 bridgehead atoms. The lowest BCUT2D eigenvalue weighted by molar-refractivity contribution is -0.0716. The van der Waals surface area contributed by atoms with Gasteiger partial charge in [-0.1, -0.05) is 19.2 Å². The molecule has 3 heterocycles. The van der Waals surface area contributed by atoms with E-state index < -0.39 is 30.6 Å². The van der Waals surface area contributed by atoms with Crippen LogP contribution in [0.3, 0.4) is 0 Å². The third-order valence-electron chi connectivity index (χ3n) is 4.21. The Bertz CT molecular complexity index is 757. The Hall–Kier alpha value is -2.06. The zero-order chi connectivity index (χ0) is 16.7. The van der Waals surface area contributed by atoms with E-state index in [4.69, 9.17) is 4.74 Å². The second kappa shape index (κ2) is 5.86. The van der Waals surface area contributed by atoms with Gasteiger partial charge in [-0.2, -0.15) is 0 Å². The number of fused-ring (bicyclic) bond motifs is 1. The number of hydrogen-bond donors (Lipinski definition) is 3. The van der Waals surface area contributed by atoms with Gasteiger partial charge >= 0.3 is 0 Å². The van der Waals surface area contributed by atoms with Gasteiger partial charge in [-0.3, -0.25) is 0 Å². The smallest absolute Gasteiger partial charge is 0.164 e. The van der Waals surface area contributed by atoms with Crippen LogP contribution in [0.1, 0.15) is 11.9 Å². The lowest BCUT2D eigenvalue weighted by atomic mass is 10.0. The lowest BCUT2D eigenvalue weighted by Gasteiger charge is -2.21. The van der Waals surface area contributed by atoms with Crippen molar-refractivity contribution >= 4 is 11.0 Å². The largest absolute Gasteiger partial charge is 0.387 e. The van der Waals surface area contributed by atoms with Crippen LogP contribution >= 0.6 is 0 Å². The zero-order valence-corrected chi connectivity index (χ0v) is 12.7. The zero-order valence-electron chi connectivity index (χ0n) is 12.7. The molecular formula is C16H19N3O4. The van der Waals surface area contributed by atoms with E-state index in [0.717, 1.165) is 11.1 Å². The molecular weight excluding hydrogens is 298 g/mol. The van der Waals surface area contributed by atoms with E-state index in [0.29, 0.717) is 11.2 Å². The average Bonchev–Trinajstić information content (AvgIpc) is 3.09. The molecule has 0 radical (unpaired) electrons. The Balaban J connectivity index is 1.95. The summed E-state index contributed by atoms with van der Waals surface area (Å²) in [5.74, 6) is 0. The first-order valence-corrected chi connectivity index (χ1v) is 7.24. The van der Waals surface area contributed by atoms with Gasteiger partial charge in [0.15, 0.2) is 6.23 Å². The fourth-order valence-corrected chi connectivity index (χ4v) is 2.81. The number of aliphatic hydroxyl groups is 3. The van der Waals surface area contributed by atoms with E-state index in [-0.39, 0.29) is 0 Å². The van der Waals surface area contributed by atoms with Crippen molar-refractivity contribution in [2.45, 2.75) is 37.6 Å². The van der Waals surface area contributed by atoms with Crippen molar-refractivity contribution in [1.29, 1.82) is 0 Å². The van der Waals surface area contributed by atoms with Gasteiger partial charge in [-0.25, -0.2) is 9.97 Å². The van der Waals surface area contributed by atoms with E-state index in [9.17, 15) is 15.3 Å². The lowest BCUT2D eigenvalue weighted by Crippen LogP contribution is -2.39. The molecule has 7 heteroatoms. The second-order valence-electron chi connectivity index (χ2n) is 5.62. The minimum absolute atomic E-state index is 0.317. The molecule has 2 aromatic heterocycles. The van der Waals surface area contributed by atoms with Crippen molar-refractivity contribution in [3.05, 3.63) is 49.1 Å². The first kappa shape index (κ1) is 15.8. The molecule has 0 saturated carbocycles. The van der Waals surface area contributed by atoms with Crippen LogP contribution in [-0.2, 0) is 4.74 Å². The van der Waals surface area contributed by atoms with Crippen LogP contribution in [0.4, 0.5) is 0 Å². The normalized spacial score (nSPS) is 28.9. The highest BCUT2D eigenvalue weighted by Crippen LogP contribution is 2.34. The molecule has 0 aliphatic carbocycles. The number of rotatable bonds is 4. The highest BCUT2D eigenvalue weighted by atomic mass is 16.6. The minimum atomic E-state index is -1.26. The van der Waals surface area contributed by atoms with Crippen molar-refractivity contribution < 1.29 is 20.1 Å². The summed E-state index contributed by atoms with van der Waals surface area (Å²) < 4.78 is 7.33. The van der Waals surface area contributed by atoms with Crippen molar-refractivity contribution in [2.75, 3.05) is 0 Å². The highest BCUT2D eigenvalue weighted by Gasteiger charge is 2.47. The van der Waals surface area contributed by atoms with Crippen molar-refractivity contribution in [3.63, 3.8) is 0 Å². The van der Waals surface area contributed by atoms with Gasteiger partial charge in [-0.15, -0.1) is 0 Å². The number of hydrogen-bond acceptors (Lipinski definition) is 6. The second-order valence-corrected chi connectivity index (χ2v) is 5.62. The number of nitrogens with zero attached hydrogens (tertiary/aromatic N) is 3. The third-order valence-corrected chi connectivity index (χ3v) is 4.21. The van der Waals surface area contributed by atoms with Crippen LogP contribution in [0.5, 0.6) is 0 Å². The Morgan fingerprint density at radius 1 is 1.39 bits per heavy atom. The predicted molar refractivity (Wildman–Crippen MR) is 83.5 cm³/mol. The summed E-state index contributed by atoms with van der Waals surface area (Å²) in [6.07, 6.45) is -0.954. The molecule has 0 unspecified atom stereocenters. The molecule has 2 aromatic rings. The van der Waals surface area contributed by atoms with E-state index in [1.807, 2.05) is 13.0 Å². The van der Waals surface area contributed by atoms with E-state index in [1.165, 1.54) is 12.4 Å². The maximum atomic E-state index is 10.3. The molecule has 0 aromatic carbocycles. The summed E-state index contributed by atoms with van der Waals surface area (Å²) in [4.78, 5) is 8.33. The Kier molecular flexibility index (Phi) is 4.03. The molecule has 3 rings (SSSR count). The third kappa shape index (κ3) is 2.47. The van der Waals surface area contributed by atoms with Crippen molar-refractivity contribution in [3.8, 4) is 0 Å². The molecule has 23 heavy (non-hydrogen) atoms. The molecule has 1 aliphatic rings. The number of aromatic nitrogens is 3. The fourth-order valence-electron chi connectivity index (χ4n) is 2.81. The summed E-state index contributed by atoms with van der Waals surface area (Å²) in [5, 5.41) is 31.5. The average molecular weight is 317 g/mol. The first-order chi connectivity index (χ1) is 11.0. The monoisotopic (exact) mass is 317 g/mol.